The number of hydrogen-bond donors (Lipinski definition) is 0. The summed E-state index contributed by atoms with van der Waals surface area (Å²) in [4.78, 5) is 0.141. The molecule has 0 aliphatic carbocycles. The van der Waals surface area contributed by atoms with E-state index in [0.29, 0.717) is 39.6 Å². The third-order valence-electron chi connectivity index (χ3n) is 4.76. The molecule has 0 atom stereocenters. The Labute approximate surface area is 194 Å². The molecule has 0 amide bonds. The molecule has 7 nitrogen and oxygen atoms in total. The molecule has 186 valence electrons. The summed E-state index contributed by atoms with van der Waals surface area (Å²) in [6, 6.07) is 8.04. The van der Waals surface area contributed by atoms with Crippen LogP contribution in [-0.4, -0.2) is 67.9 Å². The second-order valence-corrected chi connectivity index (χ2v) is 9.13. The standard InChI is InChI=1S/C24H42O7S/c1-2-3-4-5-6-7-8-12-15-27-16-17-28-18-19-29-20-21-30-22-23-31-32(25,26)24-13-10-9-11-14-24/h9-11,13-14H,2-8,12,15-23H2,1H3. The van der Waals surface area contributed by atoms with Gasteiger partial charge >= 0.3 is 0 Å². The van der Waals surface area contributed by atoms with Gasteiger partial charge in [-0.05, 0) is 18.6 Å². The van der Waals surface area contributed by atoms with Crippen LogP contribution in [-0.2, 0) is 33.2 Å². The molecule has 8 heteroatoms. The Kier molecular flexibility index (Phi) is 18.6. The predicted molar refractivity (Wildman–Crippen MR) is 125 cm³/mol. The Morgan fingerprint density at radius 3 is 1.53 bits per heavy atom. The van der Waals surface area contributed by atoms with Crippen molar-refractivity contribution >= 4 is 10.1 Å². The first-order chi connectivity index (χ1) is 15.7. The van der Waals surface area contributed by atoms with E-state index < -0.39 is 10.1 Å². The molecule has 0 aliphatic rings. The molecule has 0 aromatic heterocycles. The molecule has 0 spiro atoms. The van der Waals surface area contributed by atoms with Crippen molar-refractivity contribution in [2.45, 2.75) is 63.2 Å². The topological polar surface area (TPSA) is 80.3 Å². The first-order valence-electron chi connectivity index (χ1n) is 11.9. The molecule has 0 fully saturated rings. The lowest BCUT2D eigenvalue weighted by molar-refractivity contribution is -0.00468. The lowest BCUT2D eigenvalue weighted by Gasteiger charge is -2.08. The van der Waals surface area contributed by atoms with Gasteiger partial charge in [0.05, 0.1) is 57.8 Å². The summed E-state index contributed by atoms with van der Waals surface area (Å²) in [7, 11) is -3.72. The molecular weight excluding hydrogens is 432 g/mol. The molecule has 0 radical (unpaired) electrons. The number of ether oxygens (including phenoxy) is 4. The largest absolute Gasteiger partial charge is 0.379 e. The second-order valence-electron chi connectivity index (χ2n) is 7.51. The van der Waals surface area contributed by atoms with Gasteiger partial charge in [-0.1, -0.05) is 70.1 Å². The molecule has 0 saturated heterocycles. The summed E-state index contributed by atoms with van der Waals surface area (Å²) >= 11 is 0. The molecule has 0 bridgehead atoms. The first kappa shape index (κ1) is 29.0. The normalized spacial score (nSPS) is 11.8. The zero-order valence-corrected chi connectivity index (χ0v) is 20.5. The first-order valence-corrected chi connectivity index (χ1v) is 13.3. The summed E-state index contributed by atoms with van der Waals surface area (Å²) in [5, 5.41) is 0. The van der Waals surface area contributed by atoms with Crippen LogP contribution in [0.1, 0.15) is 58.3 Å². The van der Waals surface area contributed by atoms with E-state index in [1.165, 1.54) is 57.1 Å². The van der Waals surface area contributed by atoms with E-state index in [9.17, 15) is 8.42 Å². The van der Waals surface area contributed by atoms with Gasteiger partial charge in [-0.15, -0.1) is 0 Å². The van der Waals surface area contributed by atoms with Gasteiger partial charge in [-0.2, -0.15) is 8.42 Å². The Morgan fingerprint density at radius 2 is 1.00 bits per heavy atom. The van der Waals surface area contributed by atoms with Gasteiger partial charge in [0.25, 0.3) is 10.1 Å². The van der Waals surface area contributed by atoms with Gasteiger partial charge in [0, 0.05) is 6.61 Å². The summed E-state index contributed by atoms with van der Waals surface area (Å²) in [5.74, 6) is 0. The monoisotopic (exact) mass is 474 g/mol. The van der Waals surface area contributed by atoms with Crippen molar-refractivity contribution in [2.24, 2.45) is 0 Å². The van der Waals surface area contributed by atoms with E-state index in [-0.39, 0.29) is 18.1 Å². The van der Waals surface area contributed by atoms with E-state index in [1.54, 1.807) is 18.2 Å². The molecule has 0 N–H and O–H groups in total. The van der Waals surface area contributed by atoms with E-state index in [4.69, 9.17) is 23.1 Å². The maximum absolute atomic E-state index is 11.9. The molecule has 0 unspecified atom stereocenters. The SMILES string of the molecule is CCCCCCCCCCOCCOCCOCCOCCOS(=O)(=O)c1ccccc1. The van der Waals surface area contributed by atoms with Gasteiger partial charge in [-0.3, -0.25) is 4.18 Å². The Balaban J connectivity index is 1.76. The average Bonchev–Trinajstić information content (AvgIpc) is 2.80. The fourth-order valence-electron chi connectivity index (χ4n) is 2.96. The lowest BCUT2D eigenvalue weighted by atomic mass is 10.1. The van der Waals surface area contributed by atoms with E-state index in [0.717, 1.165) is 13.0 Å². The molecular formula is C24H42O7S. The van der Waals surface area contributed by atoms with Crippen LogP contribution in [0.2, 0.25) is 0 Å². The van der Waals surface area contributed by atoms with Crippen LogP contribution in [0.25, 0.3) is 0 Å². The molecule has 1 aromatic rings. The minimum absolute atomic E-state index is 0.0285. The third kappa shape index (κ3) is 16.6. The van der Waals surface area contributed by atoms with E-state index in [1.807, 2.05) is 0 Å². The highest BCUT2D eigenvalue weighted by Crippen LogP contribution is 2.11. The number of unbranched alkanes of at least 4 members (excludes halogenated alkanes) is 7. The minimum atomic E-state index is -3.72. The summed E-state index contributed by atoms with van der Waals surface area (Å²) in [6.45, 7) is 6.19. The van der Waals surface area contributed by atoms with Gasteiger partial charge in [0.2, 0.25) is 0 Å². The van der Waals surface area contributed by atoms with Crippen LogP contribution < -0.4 is 0 Å². The van der Waals surface area contributed by atoms with Crippen LogP contribution in [0.5, 0.6) is 0 Å². The maximum Gasteiger partial charge on any atom is 0.297 e. The quantitative estimate of drug-likeness (QED) is 0.169. The zero-order chi connectivity index (χ0) is 23.2. The highest BCUT2D eigenvalue weighted by Gasteiger charge is 2.13. The number of benzene rings is 1. The average molecular weight is 475 g/mol. The smallest absolute Gasteiger partial charge is 0.297 e. The molecule has 0 aliphatic heterocycles. The molecule has 0 heterocycles. The molecule has 1 aromatic carbocycles. The third-order valence-corrected chi connectivity index (χ3v) is 6.08. The van der Waals surface area contributed by atoms with Gasteiger partial charge in [0.1, 0.15) is 0 Å². The summed E-state index contributed by atoms with van der Waals surface area (Å²) in [5.41, 5.74) is 0. The van der Waals surface area contributed by atoms with Crippen LogP contribution >= 0.6 is 0 Å². The second kappa shape index (κ2) is 20.6. The zero-order valence-electron chi connectivity index (χ0n) is 19.7. The minimum Gasteiger partial charge on any atom is -0.379 e. The van der Waals surface area contributed by atoms with Crippen molar-refractivity contribution in [3.8, 4) is 0 Å². The molecule has 0 saturated carbocycles. The van der Waals surface area contributed by atoms with Gasteiger partial charge in [-0.25, -0.2) is 0 Å². The summed E-state index contributed by atoms with van der Waals surface area (Å²) < 4.78 is 50.5. The number of rotatable bonds is 23. The van der Waals surface area contributed by atoms with Crippen molar-refractivity contribution in [3.63, 3.8) is 0 Å². The van der Waals surface area contributed by atoms with Crippen LogP contribution in [0, 0.1) is 0 Å². The Morgan fingerprint density at radius 1 is 0.562 bits per heavy atom. The Hall–Kier alpha value is -1.03. The van der Waals surface area contributed by atoms with Crippen molar-refractivity contribution in [3.05, 3.63) is 30.3 Å². The van der Waals surface area contributed by atoms with Crippen molar-refractivity contribution in [1.82, 2.24) is 0 Å². The molecule has 1 rings (SSSR count). The lowest BCUT2D eigenvalue weighted by Crippen LogP contribution is -2.15. The fourth-order valence-corrected chi connectivity index (χ4v) is 3.87. The maximum atomic E-state index is 11.9. The van der Waals surface area contributed by atoms with Crippen molar-refractivity contribution in [1.29, 1.82) is 0 Å². The van der Waals surface area contributed by atoms with Crippen molar-refractivity contribution < 1.29 is 31.5 Å². The highest BCUT2D eigenvalue weighted by atomic mass is 32.2. The fraction of sp³-hybridized carbons (Fsp3) is 0.750. The van der Waals surface area contributed by atoms with E-state index >= 15 is 0 Å². The van der Waals surface area contributed by atoms with Gasteiger partial charge in [0.15, 0.2) is 0 Å². The highest BCUT2D eigenvalue weighted by molar-refractivity contribution is 7.86. The van der Waals surface area contributed by atoms with Gasteiger partial charge < -0.3 is 18.9 Å². The molecule has 32 heavy (non-hydrogen) atoms. The van der Waals surface area contributed by atoms with Crippen LogP contribution in [0.3, 0.4) is 0 Å². The number of hydrogen-bond acceptors (Lipinski definition) is 7. The van der Waals surface area contributed by atoms with Crippen LogP contribution in [0.4, 0.5) is 0 Å². The Bertz CT molecular complexity index is 622. The summed E-state index contributed by atoms with van der Waals surface area (Å²) in [6.07, 6.45) is 10.4. The van der Waals surface area contributed by atoms with E-state index in [2.05, 4.69) is 6.92 Å². The van der Waals surface area contributed by atoms with Crippen molar-refractivity contribution in [2.75, 3.05) is 59.5 Å². The predicted octanol–water partition coefficient (Wildman–Crippen LogP) is 4.60. The van der Waals surface area contributed by atoms with Crippen LogP contribution in [0.15, 0.2) is 35.2 Å².